The van der Waals surface area contributed by atoms with Crippen LogP contribution in [0.5, 0.6) is 0 Å². The lowest BCUT2D eigenvalue weighted by molar-refractivity contribution is 0.0955. The first-order valence-electron chi connectivity index (χ1n) is 10.6. The molecule has 0 aliphatic rings. The third-order valence-corrected chi connectivity index (χ3v) is 5.64. The fourth-order valence-corrected chi connectivity index (χ4v) is 3.96. The molecule has 5 rings (SSSR count). The van der Waals surface area contributed by atoms with E-state index in [1.807, 2.05) is 31.3 Å². The number of aromatic nitrogens is 4. The SMILES string of the molecule is Cc1ccc2[nH]cc(CCNC(=O)c3cnn4c(C(F)F)cc(-c5ccccc5)nc34)c2c1. The number of carbonyl (C=O) groups excluding carboxylic acids is 1. The van der Waals surface area contributed by atoms with Crippen molar-refractivity contribution in [3.05, 3.63) is 89.4 Å². The molecule has 0 fully saturated rings. The molecule has 2 N–H and O–H groups in total. The number of alkyl halides is 2. The van der Waals surface area contributed by atoms with Crippen molar-refractivity contribution in [2.24, 2.45) is 0 Å². The zero-order valence-electron chi connectivity index (χ0n) is 17.8. The molecule has 3 aromatic heterocycles. The summed E-state index contributed by atoms with van der Waals surface area (Å²) in [7, 11) is 0. The van der Waals surface area contributed by atoms with Crippen LogP contribution in [0.25, 0.3) is 27.8 Å². The summed E-state index contributed by atoms with van der Waals surface area (Å²) < 4.78 is 28.5. The molecule has 33 heavy (non-hydrogen) atoms. The normalized spacial score (nSPS) is 11.5. The van der Waals surface area contributed by atoms with E-state index in [0.29, 0.717) is 24.2 Å². The van der Waals surface area contributed by atoms with E-state index in [-0.39, 0.29) is 16.9 Å². The van der Waals surface area contributed by atoms with Crippen LogP contribution in [0.15, 0.2) is 67.0 Å². The van der Waals surface area contributed by atoms with Gasteiger partial charge in [0.25, 0.3) is 12.3 Å². The molecular weight excluding hydrogens is 424 g/mol. The predicted molar refractivity (Wildman–Crippen MR) is 122 cm³/mol. The van der Waals surface area contributed by atoms with E-state index >= 15 is 0 Å². The highest BCUT2D eigenvalue weighted by Gasteiger charge is 2.21. The quantitative estimate of drug-likeness (QED) is 0.382. The molecule has 0 bridgehead atoms. The van der Waals surface area contributed by atoms with Crippen LogP contribution in [0.4, 0.5) is 8.78 Å². The molecule has 0 spiro atoms. The van der Waals surface area contributed by atoms with Crippen LogP contribution in [0.3, 0.4) is 0 Å². The molecule has 0 unspecified atom stereocenters. The van der Waals surface area contributed by atoms with E-state index in [1.54, 1.807) is 24.3 Å². The maximum absolute atomic E-state index is 13.7. The van der Waals surface area contributed by atoms with E-state index in [9.17, 15) is 13.6 Å². The van der Waals surface area contributed by atoms with Crippen molar-refractivity contribution >= 4 is 22.5 Å². The number of fused-ring (bicyclic) bond motifs is 2. The highest BCUT2D eigenvalue weighted by atomic mass is 19.3. The minimum Gasteiger partial charge on any atom is -0.361 e. The summed E-state index contributed by atoms with van der Waals surface area (Å²) in [5.41, 5.74) is 4.29. The zero-order chi connectivity index (χ0) is 22.9. The summed E-state index contributed by atoms with van der Waals surface area (Å²) in [6, 6.07) is 16.5. The Labute approximate surface area is 188 Å². The average molecular weight is 445 g/mol. The fourth-order valence-electron chi connectivity index (χ4n) is 3.96. The van der Waals surface area contributed by atoms with E-state index in [1.165, 1.54) is 12.3 Å². The van der Waals surface area contributed by atoms with Crippen molar-refractivity contribution in [1.82, 2.24) is 24.9 Å². The molecule has 3 heterocycles. The monoisotopic (exact) mass is 445 g/mol. The van der Waals surface area contributed by atoms with E-state index in [4.69, 9.17) is 0 Å². The van der Waals surface area contributed by atoms with Crippen molar-refractivity contribution in [1.29, 1.82) is 0 Å². The molecule has 8 heteroatoms. The van der Waals surface area contributed by atoms with Gasteiger partial charge in [0.05, 0.1) is 11.9 Å². The second-order valence-electron chi connectivity index (χ2n) is 7.90. The van der Waals surface area contributed by atoms with Crippen LogP contribution >= 0.6 is 0 Å². The fraction of sp³-hybridized carbons (Fsp3) is 0.160. The molecule has 2 aromatic carbocycles. The molecule has 1 amide bonds. The Morgan fingerprint density at radius 2 is 1.97 bits per heavy atom. The van der Waals surface area contributed by atoms with Gasteiger partial charge < -0.3 is 10.3 Å². The van der Waals surface area contributed by atoms with Crippen LogP contribution in [0.1, 0.15) is 33.6 Å². The summed E-state index contributed by atoms with van der Waals surface area (Å²) in [6.45, 7) is 2.42. The predicted octanol–water partition coefficient (Wildman–Crippen LogP) is 5.10. The van der Waals surface area contributed by atoms with Crippen LogP contribution in [0, 0.1) is 6.92 Å². The minimum atomic E-state index is -2.76. The van der Waals surface area contributed by atoms with Crippen molar-refractivity contribution in [3.8, 4) is 11.3 Å². The van der Waals surface area contributed by atoms with Crippen molar-refractivity contribution in [3.63, 3.8) is 0 Å². The Bertz CT molecular complexity index is 1460. The molecule has 0 aliphatic carbocycles. The zero-order valence-corrected chi connectivity index (χ0v) is 17.8. The van der Waals surface area contributed by atoms with Crippen LogP contribution in [0.2, 0.25) is 0 Å². The molecule has 0 saturated heterocycles. The lowest BCUT2D eigenvalue weighted by atomic mass is 10.1. The van der Waals surface area contributed by atoms with E-state index < -0.39 is 12.3 Å². The summed E-state index contributed by atoms with van der Waals surface area (Å²) in [5, 5.41) is 8.00. The summed E-state index contributed by atoms with van der Waals surface area (Å²) in [4.78, 5) is 20.6. The Morgan fingerprint density at radius 3 is 2.76 bits per heavy atom. The van der Waals surface area contributed by atoms with Gasteiger partial charge in [0.15, 0.2) is 5.65 Å². The summed E-state index contributed by atoms with van der Waals surface area (Å²) >= 11 is 0. The van der Waals surface area contributed by atoms with Gasteiger partial charge in [-0.25, -0.2) is 18.3 Å². The van der Waals surface area contributed by atoms with Crippen molar-refractivity contribution in [2.45, 2.75) is 19.8 Å². The van der Waals surface area contributed by atoms with Gasteiger partial charge in [-0.15, -0.1) is 0 Å². The standard InChI is InChI=1S/C25H21F2N5O/c1-15-7-8-20-18(11-15)17(13-29-20)9-10-28-25(33)19-14-30-32-22(23(26)27)12-21(31-24(19)32)16-5-3-2-4-6-16/h2-8,11-14,23,29H,9-10H2,1H3,(H,28,33). The number of halogens is 2. The van der Waals surface area contributed by atoms with Crippen LogP contribution in [-0.4, -0.2) is 32.0 Å². The Morgan fingerprint density at radius 1 is 1.15 bits per heavy atom. The molecule has 0 aliphatic heterocycles. The number of benzene rings is 2. The van der Waals surface area contributed by atoms with Gasteiger partial charge in [-0.2, -0.15) is 5.10 Å². The topological polar surface area (TPSA) is 75.1 Å². The third kappa shape index (κ3) is 3.95. The highest BCUT2D eigenvalue weighted by molar-refractivity contribution is 6.00. The lowest BCUT2D eigenvalue weighted by Gasteiger charge is -2.09. The van der Waals surface area contributed by atoms with Gasteiger partial charge >= 0.3 is 0 Å². The molecule has 0 atom stereocenters. The van der Waals surface area contributed by atoms with Crippen molar-refractivity contribution in [2.75, 3.05) is 6.54 Å². The van der Waals surface area contributed by atoms with E-state index in [0.717, 1.165) is 26.5 Å². The molecule has 6 nitrogen and oxygen atoms in total. The minimum absolute atomic E-state index is 0.104. The number of hydrogen-bond acceptors (Lipinski definition) is 3. The number of aryl methyl sites for hydroxylation is 1. The van der Waals surface area contributed by atoms with E-state index in [2.05, 4.69) is 26.4 Å². The Balaban J connectivity index is 1.41. The van der Waals surface area contributed by atoms with Gasteiger partial charge in [0.1, 0.15) is 11.3 Å². The average Bonchev–Trinajstić information content (AvgIpc) is 3.43. The number of nitrogens with zero attached hydrogens (tertiary/aromatic N) is 3. The number of rotatable bonds is 6. The number of H-pyrrole nitrogens is 1. The number of aromatic amines is 1. The largest absolute Gasteiger partial charge is 0.361 e. The van der Waals surface area contributed by atoms with Gasteiger partial charge in [0.2, 0.25) is 0 Å². The number of carbonyl (C=O) groups is 1. The molecule has 0 radical (unpaired) electrons. The highest BCUT2D eigenvalue weighted by Crippen LogP contribution is 2.26. The molecule has 5 aromatic rings. The number of hydrogen-bond donors (Lipinski definition) is 2. The van der Waals surface area contributed by atoms with Gasteiger partial charge in [-0.1, -0.05) is 42.0 Å². The van der Waals surface area contributed by atoms with Gasteiger partial charge in [-0.3, -0.25) is 4.79 Å². The first-order chi connectivity index (χ1) is 16.0. The Hall–Kier alpha value is -4.07. The van der Waals surface area contributed by atoms with Crippen LogP contribution < -0.4 is 5.32 Å². The molecule has 166 valence electrons. The lowest BCUT2D eigenvalue weighted by Crippen LogP contribution is -2.25. The Kier molecular flexibility index (Phi) is 5.34. The number of nitrogens with one attached hydrogen (secondary N) is 2. The maximum atomic E-state index is 13.7. The van der Waals surface area contributed by atoms with Gasteiger partial charge in [-0.05, 0) is 37.1 Å². The summed E-state index contributed by atoms with van der Waals surface area (Å²) in [5.74, 6) is -0.404. The molecule has 0 saturated carbocycles. The van der Waals surface area contributed by atoms with Crippen LogP contribution in [-0.2, 0) is 6.42 Å². The first-order valence-corrected chi connectivity index (χ1v) is 10.6. The second kappa shape index (κ2) is 8.46. The van der Waals surface area contributed by atoms with Crippen molar-refractivity contribution < 1.29 is 13.6 Å². The number of amides is 1. The second-order valence-corrected chi connectivity index (χ2v) is 7.90. The molecular formula is C25H21F2N5O. The summed E-state index contributed by atoms with van der Waals surface area (Å²) in [6.07, 6.45) is 1.08. The van der Waals surface area contributed by atoms with Gasteiger partial charge in [0, 0.05) is 29.2 Å². The third-order valence-electron chi connectivity index (χ3n) is 5.64. The first kappa shape index (κ1) is 20.8. The maximum Gasteiger partial charge on any atom is 0.280 e. The smallest absolute Gasteiger partial charge is 0.280 e.